The van der Waals surface area contributed by atoms with Crippen molar-refractivity contribution < 1.29 is 0 Å². The van der Waals surface area contributed by atoms with Gasteiger partial charge in [0, 0.05) is 27.8 Å². The lowest BCUT2D eigenvalue weighted by Crippen LogP contribution is -2.35. The van der Waals surface area contributed by atoms with Crippen molar-refractivity contribution in [2.75, 3.05) is 4.90 Å². The summed E-state index contributed by atoms with van der Waals surface area (Å²) in [5.74, 6) is 0. The highest BCUT2D eigenvalue weighted by molar-refractivity contribution is 6.09. The van der Waals surface area contributed by atoms with Crippen LogP contribution in [0, 0.1) is 0 Å². The van der Waals surface area contributed by atoms with Gasteiger partial charge in [0.15, 0.2) is 0 Å². The third-order valence-electron chi connectivity index (χ3n) is 12.8. The largest absolute Gasteiger partial charge is 0.334 e. The molecule has 2 heteroatoms. The van der Waals surface area contributed by atoms with E-state index in [-0.39, 0.29) is 11.5 Å². The minimum absolute atomic E-state index is 0.0801. The summed E-state index contributed by atoms with van der Waals surface area (Å²) in [7, 11) is 0. The van der Waals surface area contributed by atoms with Crippen LogP contribution in [-0.2, 0) is 5.41 Å². The van der Waals surface area contributed by atoms with Crippen molar-refractivity contribution in [3.05, 3.63) is 240 Å². The molecule has 57 heavy (non-hydrogen) atoms. The van der Waals surface area contributed by atoms with Gasteiger partial charge >= 0.3 is 0 Å². The molecule has 1 spiro atoms. The fourth-order valence-corrected chi connectivity index (χ4v) is 10.5. The molecule has 0 saturated carbocycles. The first kappa shape index (κ1) is 32.1. The number of allylic oxidation sites excluding steroid dienone is 2. The molecular weight excluding hydrogens is 689 g/mol. The lowest BCUT2D eigenvalue weighted by atomic mass is 9.67. The SMILES string of the molecule is C1=CC(N(c2ccc(-c3ccccc3)cc2)c2ccc(-n3c4ccccc4c4ccccc43)cc2)CC2=C1c1ccccc1C21c2ccccc2-c2ccccc21. The average Bonchev–Trinajstić information content (AvgIpc) is 3.89. The maximum atomic E-state index is 2.56. The summed E-state index contributed by atoms with van der Waals surface area (Å²) in [4.78, 5) is 2.56. The molecule has 268 valence electrons. The summed E-state index contributed by atoms with van der Waals surface area (Å²) in [5.41, 5.74) is 19.1. The Balaban J connectivity index is 1.01. The summed E-state index contributed by atoms with van der Waals surface area (Å²) < 4.78 is 2.40. The molecule has 1 aromatic heterocycles. The Kier molecular flexibility index (Phi) is 7.00. The molecule has 2 nitrogen and oxygen atoms in total. The van der Waals surface area contributed by atoms with Gasteiger partial charge < -0.3 is 9.47 Å². The van der Waals surface area contributed by atoms with Crippen LogP contribution in [0.4, 0.5) is 11.4 Å². The van der Waals surface area contributed by atoms with Crippen LogP contribution in [0.15, 0.2) is 218 Å². The minimum Gasteiger partial charge on any atom is -0.334 e. The Morgan fingerprint density at radius 2 is 0.912 bits per heavy atom. The minimum atomic E-state index is -0.342. The van der Waals surface area contributed by atoms with Gasteiger partial charge in [-0.05, 0) is 111 Å². The van der Waals surface area contributed by atoms with Gasteiger partial charge in [-0.1, -0.05) is 164 Å². The van der Waals surface area contributed by atoms with Crippen LogP contribution in [-0.4, -0.2) is 10.6 Å². The molecule has 0 saturated heterocycles. The van der Waals surface area contributed by atoms with Gasteiger partial charge in [0.1, 0.15) is 0 Å². The highest BCUT2D eigenvalue weighted by atomic mass is 15.2. The van der Waals surface area contributed by atoms with E-state index in [0.29, 0.717) is 0 Å². The van der Waals surface area contributed by atoms with Crippen molar-refractivity contribution in [2.24, 2.45) is 0 Å². The maximum absolute atomic E-state index is 2.56. The lowest BCUT2D eigenvalue weighted by molar-refractivity contribution is 0.663. The van der Waals surface area contributed by atoms with Crippen LogP contribution < -0.4 is 4.90 Å². The summed E-state index contributed by atoms with van der Waals surface area (Å²) in [5, 5.41) is 2.55. The fraction of sp³-hybridized carbons (Fsp3) is 0.0545. The smallest absolute Gasteiger partial charge is 0.0689 e. The number of rotatable bonds is 5. The number of hydrogen-bond acceptors (Lipinski definition) is 1. The monoisotopic (exact) mass is 726 g/mol. The van der Waals surface area contributed by atoms with Crippen molar-refractivity contribution in [1.82, 2.24) is 4.57 Å². The van der Waals surface area contributed by atoms with Crippen LogP contribution in [0.3, 0.4) is 0 Å². The molecular formula is C55H38N2. The second-order valence-electron chi connectivity index (χ2n) is 15.6. The van der Waals surface area contributed by atoms with Gasteiger partial charge in [-0.2, -0.15) is 0 Å². The third-order valence-corrected chi connectivity index (χ3v) is 12.8. The van der Waals surface area contributed by atoms with Crippen molar-refractivity contribution in [2.45, 2.75) is 17.9 Å². The van der Waals surface area contributed by atoms with E-state index in [1.54, 1.807) is 0 Å². The van der Waals surface area contributed by atoms with Crippen molar-refractivity contribution in [3.8, 4) is 27.9 Å². The molecule has 1 atom stereocenters. The summed E-state index contributed by atoms with van der Waals surface area (Å²) in [6, 6.07) is 74.0. The Morgan fingerprint density at radius 3 is 1.53 bits per heavy atom. The third kappa shape index (κ3) is 4.59. The van der Waals surface area contributed by atoms with Crippen LogP contribution in [0.1, 0.15) is 28.7 Å². The topological polar surface area (TPSA) is 8.17 Å². The van der Waals surface area contributed by atoms with Crippen LogP contribution in [0.5, 0.6) is 0 Å². The standard InChI is InChI=1S/C55H38N2/c1-2-14-37(15-3-1)38-26-28-39(29-27-38)56(40-30-32-41(33-31-40)57-53-24-12-7-19-47(53)48-20-8-13-25-54(48)57)42-34-35-46-45-18-6-11-23-51(45)55(52(46)36-42)49-21-9-4-16-43(49)44-17-5-10-22-50(44)55/h1-35,42H,36H2. The van der Waals surface area contributed by atoms with Crippen molar-refractivity contribution in [3.63, 3.8) is 0 Å². The molecule has 0 N–H and O–H groups in total. The first-order valence-corrected chi connectivity index (χ1v) is 20.0. The van der Waals surface area contributed by atoms with E-state index in [4.69, 9.17) is 0 Å². The number of hydrogen-bond donors (Lipinski definition) is 0. The normalized spacial score (nSPS) is 15.8. The van der Waals surface area contributed by atoms with E-state index in [0.717, 1.165) is 12.1 Å². The Hall–Kier alpha value is -7.16. The lowest BCUT2D eigenvalue weighted by Gasteiger charge is -2.39. The second kappa shape index (κ2) is 12.4. The zero-order chi connectivity index (χ0) is 37.5. The van der Waals surface area contributed by atoms with E-state index in [2.05, 4.69) is 222 Å². The molecule has 0 aliphatic heterocycles. The average molecular weight is 727 g/mol. The van der Waals surface area contributed by atoms with E-state index in [1.807, 2.05) is 0 Å². The number of fused-ring (bicyclic) bond motifs is 12. The molecule has 8 aromatic carbocycles. The van der Waals surface area contributed by atoms with Gasteiger partial charge in [-0.25, -0.2) is 0 Å². The number of aromatic nitrogens is 1. The van der Waals surface area contributed by atoms with Gasteiger partial charge in [0.25, 0.3) is 0 Å². The van der Waals surface area contributed by atoms with E-state index in [9.17, 15) is 0 Å². The first-order valence-electron chi connectivity index (χ1n) is 20.0. The quantitative estimate of drug-likeness (QED) is 0.171. The molecule has 0 fully saturated rings. The number of nitrogens with zero attached hydrogens (tertiary/aromatic N) is 2. The van der Waals surface area contributed by atoms with E-state index in [1.165, 1.54) is 88.8 Å². The fourth-order valence-electron chi connectivity index (χ4n) is 10.5. The molecule has 0 amide bonds. The highest BCUT2D eigenvalue weighted by Gasteiger charge is 2.53. The highest BCUT2D eigenvalue weighted by Crippen LogP contribution is 2.63. The molecule has 12 rings (SSSR count). The Labute approximate surface area is 332 Å². The number of para-hydroxylation sites is 2. The predicted octanol–water partition coefficient (Wildman–Crippen LogP) is 13.7. The Bertz CT molecular complexity index is 2990. The molecule has 3 aliphatic rings. The summed E-state index contributed by atoms with van der Waals surface area (Å²) >= 11 is 0. The molecule has 0 bridgehead atoms. The molecule has 0 radical (unpaired) electrons. The van der Waals surface area contributed by atoms with E-state index >= 15 is 0 Å². The first-order chi connectivity index (χ1) is 28.3. The number of benzene rings is 8. The molecule has 1 heterocycles. The van der Waals surface area contributed by atoms with Crippen LogP contribution >= 0.6 is 0 Å². The zero-order valence-electron chi connectivity index (χ0n) is 31.4. The number of anilines is 2. The zero-order valence-corrected chi connectivity index (χ0v) is 31.4. The van der Waals surface area contributed by atoms with Gasteiger partial charge in [-0.15, -0.1) is 0 Å². The summed E-state index contributed by atoms with van der Waals surface area (Å²) in [6.07, 6.45) is 5.77. The van der Waals surface area contributed by atoms with Gasteiger partial charge in [0.2, 0.25) is 0 Å². The predicted molar refractivity (Wildman–Crippen MR) is 237 cm³/mol. The van der Waals surface area contributed by atoms with Crippen LogP contribution in [0.2, 0.25) is 0 Å². The Morgan fingerprint density at radius 1 is 0.439 bits per heavy atom. The van der Waals surface area contributed by atoms with Crippen molar-refractivity contribution in [1.29, 1.82) is 0 Å². The maximum Gasteiger partial charge on any atom is 0.0689 e. The van der Waals surface area contributed by atoms with Gasteiger partial charge in [0.05, 0.1) is 22.5 Å². The van der Waals surface area contributed by atoms with E-state index < -0.39 is 0 Å². The summed E-state index contributed by atoms with van der Waals surface area (Å²) in [6.45, 7) is 0. The molecule has 3 aliphatic carbocycles. The molecule has 9 aromatic rings. The van der Waals surface area contributed by atoms with Crippen molar-refractivity contribution >= 4 is 38.8 Å². The molecule has 1 unspecified atom stereocenters. The second-order valence-corrected chi connectivity index (χ2v) is 15.6. The van der Waals surface area contributed by atoms with Crippen LogP contribution in [0.25, 0.3) is 55.3 Å². The van der Waals surface area contributed by atoms with Gasteiger partial charge in [-0.3, -0.25) is 0 Å².